The molecule has 1 fully saturated rings. The summed E-state index contributed by atoms with van der Waals surface area (Å²) in [6.07, 6.45) is 3.21. The number of rotatable bonds is 3. The molecule has 0 aromatic carbocycles. The van der Waals surface area contributed by atoms with Crippen LogP contribution in [0.3, 0.4) is 0 Å². The average molecular weight is 214 g/mol. The van der Waals surface area contributed by atoms with Crippen LogP contribution in [0.5, 0.6) is 0 Å². The third-order valence-corrected chi connectivity index (χ3v) is 3.47. The molecule has 1 aliphatic heterocycles. The van der Waals surface area contributed by atoms with Crippen molar-refractivity contribution < 1.29 is 4.84 Å². The first-order valence-corrected chi connectivity index (χ1v) is 6.01. The van der Waals surface area contributed by atoms with E-state index in [-0.39, 0.29) is 17.1 Å². The fourth-order valence-electron chi connectivity index (χ4n) is 2.42. The highest BCUT2D eigenvalue weighted by molar-refractivity contribution is 5.00. The van der Waals surface area contributed by atoms with E-state index in [2.05, 4.69) is 39.7 Å². The van der Waals surface area contributed by atoms with Gasteiger partial charge in [0.2, 0.25) is 0 Å². The summed E-state index contributed by atoms with van der Waals surface area (Å²) in [5.74, 6) is 0. The summed E-state index contributed by atoms with van der Waals surface area (Å²) < 4.78 is 0. The highest BCUT2D eigenvalue weighted by atomic mass is 16.7. The van der Waals surface area contributed by atoms with Crippen molar-refractivity contribution in [1.82, 2.24) is 5.06 Å². The molecule has 0 saturated carbocycles. The molecule has 15 heavy (non-hydrogen) atoms. The van der Waals surface area contributed by atoms with E-state index in [1.165, 1.54) is 0 Å². The Bertz CT molecular complexity index is 214. The highest BCUT2D eigenvalue weighted by Gasteiger charge is 2.46. The maximum Gasteiger partial charge on any atom is 0.0683 e. The van der Waals surface area contributed by atoms with Crippen molar-refractivity contribution in [1.29, 1.82) is 0 Å². The van der Waals surface area contributed by atoms with E-state index in [1.54, 1.807) is 0 Å². The zero-order valence-corrected chi connectivity index (χ0v) is 10.8. The van der Waals surface area contributed by atoms with Crippen LogP contribution in [-0.4, -0.2) is 28.8 Å². The second kappa shape index (κ2) is 4.40. The van der Waals surface area contributed by atoms with Gasteiger partial charge in [-0.05, 0) is 47.0 Å². The SMILES string of the molecule is CCCON1C(C)(C)CCC(N)C1(C)C. The second-order valence-electron chi connectivity index (χ2n) is 5.74. The molecule has 1 rings (SSSR count). The van der Waals surface area contributed by atoms with Gasteiger partial charge in [0.15, 0.2) is 0 Å². The van der Waals surface area contributed by atoms with E-state index in [1.807, 2.05) is 0 Å². The molecule has 2 N–H and O–H groups in total. The van der Waals surface area contributed by atoms with Gasteiger partial charge in [-0.2, -0.15) is 5.06 Å². The predicted molar refractivity (Wildman–Crippen MR) is 63.4 cm³/mol. The summed E-state index contributed by atoms with van der Waals surface area (Å²) in [6, 6.07) is 0.197. The Kier molecular flexibility index (Phi) is 3.80. The Labute approximate surface area is 93.9 Å². The van der Waals surface area contributed by atoms with E-state index >= 15 is 0 Å². The Morgan fingerprint density at radius 2 is 1.93 bits per heavy atom. The smallest absolute Gasteiger partial charge is 0.0683 e. The first-order chi connectivity index (χ1) is 6.82. The van der Waals surface area contributed by atoms with Gasteiger partial charge in [0.1, 0.15) is 0 Å². The molecule has 1 aliphatic rings. The van der Waals surface area contributed by atoms with Crippen molar-refractivity contribution in [2.45, 2.75) is 71.0 Å². The van der Waals surface area contributed by atoms with Crippen molar-refractivity contribution in [3.8, 4) is 0 Å². The molecule has 0 spiro atoms. The summed E-state index contributed by atoms with van der Waals surface area (Å²) in [5.41, 5.74) is 6.19. The third kappa shape index (κ3) is 2.52. The molecule has 0 aromatic rings. The molecule has 0 aliphatic carbocycles. The van der Waals surface area contributed by atoms with Crippen LogP contribution < -0.4 is 5.73 Å². The summed E-state index contributed by atoms with van der Waals surface area (Å²) >= 11 is 0. The molecular weight excluding hydrogens is 188 g/mol. The number of hydroxylamine groups is 2. The zero-order valence-electron chi connectivity index (χ0n) is 10.8. The fraction of sp³-hybridized carbons (Fsp3) is 1.00. The van der Waals surface area contributed by atoms with Crippen LogP contribution in [0.15, 0.2) is 0 Å². The number of hydrogen-bond acceptors (Lipinski definition) is 3. The van der Waals surface area contributed by atoms with Gasteiger partial charge in [-0.1, -0.05) is 6.92 Å². The fourth-order valence-corrected chi connectivity index (χ4v) is 2.42. The van der Waals surface area contributed by atoms with Crippen LogP contribution in [-0.2, 0) is 4.84 Å². The van der Waals surface area contributed by atoms with Crippen molar-refractivity contribution >= 4 is 0 Å². The summed E-state index contributed by atoms with van der Waals surface area (Å²) in [5, 5.41) is 2.12. The first kappa shape index (κ1) is 12.9. The maximum atomic E-state index is 6.17. The van der Waals surface area contributed by atoms with E-state index < -0.39 is 0 Å². The van der Waals surface area contributed by atoms with Gasteiger partial charge >= 0.3 is 0 Å². The minimum Gasteiger partial charge on any atom is -0.326 e. The summed E-state index contributed by atoms with van der Waals surface area (Å²) in [6.45, 7) is 11.7. The van der Waals surface area contributed by atoms with E-state index in [9.17, 15) is 0 Å². The Morgan fingerprint density at radius 3 is 2.47 bits per heavy atom. The van der Waals surface area contributed by atoms with Crippen LogP contribution in [0.1, 0.15) is 53.9 Å². The van der Waals surface area contributed by atoms with Crippen molar-refractivity contribution in [3.63, 3.8) is 0 Å². The molecule has 0 radical (unpaired) electrons. The van der Waals surface area contributed by atoms with Crippen molar-refractivity contribution in [2.75, 3.05) is 6.61 Å². The van der Waals surface area contributed by atoms with E-state index in [0.29, 0.717) is 0 Å². The lowest BCUT2D eigenvalue weighted by atomic mass is 9.79. The molecule has 90 valence electrons. The molecule has 0 aromatic heterocycles. The molecule has 0 amide bonds. The number of nitrogens with zero attached hydrogens (tertiary/aromatic N) is 1. The summed E-state index contributed by atoms with van der Waals surface area (Å²) in [7, 11) is 0. The van der Waals surface area contributed by atoms with Gasteiger partial charge in [-0.3, -0.25) is 4.84 Å². The van der Waals surface area contributed by atoms with Crippen LogP contribution in [0.2, 0.25) is 0 Å². The highest BCUT2D eigenvalue weighted by Crippen LogP contribution is 2.37. The van der Waals surface area contributed by atoms with Gasteiger partial charge in [0.05, 0.1) is 12.1 Å². The van der Waals surface area contributed by atoms with Crippen molar-refractivity contribution in [3.05, 3.63) is 0 Å². The normalized spacial score (nSPS) is 30.4. The lowest BCUT2D eigenvalue weighted by molar-refractivity contribution is -0.284. The van der Waals surface area contributed by atoms with Crippen LogP contribution in [0, 0.1) is 0 Å². The molecule has 1 saturated heterocycles. The number of piperidine rings is 1. The van der Waals surface area contributed by atoms with Crippen LogP contribution in [0.25, 0.3) is 0 Å². The van der Waals surface area contributed by atoms with Gasteiger partial charge in [-0.25, -0.2) is 0 Å². The molecule has 1 heterocycles. The lowest BCUT2D eigenvalue weighted by Gasteiger charge is -2.54. The Morgan fingerprint density at radius 1 is 1.33 bits per heavy atom. The third-order valence-electron chi connectivity index (χ3n) is 3.47. The minimum atomic E-state index is -0.0725. The van der Waals surface area contributed by atoms with Gasteiger partial charge in [0.25, 0.3) is 0 Å². The van der Waals surface area contributed by atoms with Gasteiger partial charge in [-0.15, -0.1) is 0 Å². The topological polar surface area (TPSA) is 38.5 Å². The Hall–Kier alpha value is -0.120. The molecule has 3 nitrogen and oxygen atoms in total. The standard InChI is InChI=1S/C12H26N2O/c1-6-9-15-14-11(2,3)8-7-10(13)12(14,4)5/h10H,6-9,13H2,1-5H3. The Balaban J connectivity index is 2.81. The maximum absolute atomic E-state index is 6.17. The second-order valence-corrected chi connectivity index (χ2v) is 5.74. The van der Waals surface area contributed by atoms with Gasteiger partial charge < -0.3 is 5.73 Å². The molecular formula is C12H26N2O. The van der Waals surface area contributed by atoms with Crippen LogP contribution >= 0.6 is 0 Å². The quantitative estimate of drug-likeness (QED) is 0.783. The van der Waals surface area contributed by atoms with Crippen LogP contribution in [0.4, 0.5) is 0 Å². The number of hydrogen-bond donors (Lipinski definition) is 1. The molecule has 1 atom stereocenters. The monoisotopic (exact) mass is 214 g/mol. The average Bonchev–Trinajstić information content (AvgIpc) is 2.12. The minimum absolute atomic E-state index is 0.0725. The first-order valence-electron chi connectivity index (χ1n) is 6.01. The van der Waals surface area contributed by atoms with E-state index in [4.69, 9.17) is 10.6 Å². The predicted octanol–water partition coefficient (Wildman–Crippen LogP) is 2.31. The number of nitrogens with two attached hydrogens (primary N) is 1. The molecule has 3 heteroatoms. The largest absolute Gasteiger partial charge is 0.326 e. The van der Waals surface area contributed by atoms with E-state index in [0.717, 1.165) is 25.9 Å². The van der Waals surface area contributed by atoms with Crippen molar-refractivity contribution in [2.24, 2.45) is 5.73 Å². The molecule has 1 unspecified atom stereocenters. The van der Waals surface area contributed by atoms with Gasteiger partial charge in [0, 0.05) is 11.6 Å². The molecule has 0 bridgehead atoms. The summed E-state index contributed by atoms with van der Waals surface area (Å²) in [4.78, 5) is 5.89. The zero-order chi connectivity index (χ0) is 11.7. The lowest BCUT2D eigenvalue weighted by Crippen LogP contribution is -2.66.